The zero-order valence-corrected chi connectivity index (χ0v) is 18.7. The normalized spacial score (nSPS) is 11.1. The first-order valence-corrected chi connectivity index (χ1v) is 9.49. The minimum Gasteiger partial charge on any atom is -0.585 e. The first-order valence-electron chi connectivity index (χ1n) is 8.68. The van der Waals surface area contributed by atoms with E-state index in [1.165, 1.54) is 22.1 Å². The van der Waals surface area contributed by atoms with E-state index < -0.39 is 0 Å². The molecular formula is C20H14N5NaO2S. The summed E-state index contributed by atoms with van der Waals surface area (Å²) in [4.78, 5) is 34.5. The molecule has 0 amide bonds. The molecule has 0 unspecified atom stereocenters. The van der Waals surface area contributed by atoms with Crippen LogP contribution in [-0.2, 0) is 6.54 Å². The molecule has 4 heterocycles. The number of hydrogen-bond donors (Lipinski definition) is 0. The summed E-state index contributed by atoms with van der Waals surface area (Å²) in [5.74, 6) is 0. The molecular weight excluding hydrogens is 397 g/mol. The van der Waals surface area contributed by atoms with Crippen LogP contribution in [0.25, 0.3) is 26.3 Å². The Bertz CT molecular complexity index is 1420. The maximum atomic E-state index is 13.1. The third kappa shape index (κ3) is 3.38. The van der Waals surface area contributed by atoms with Gasteiger partial charge in [0.1, 0.15) is 0 Å². The van der Waals surface area contributed by atoms with E-state index >= 15 is 0 Å². The molecule has 9 heteroatoms. The van der Waals surface area contributed by atoms with Crippen LogP contribution in [0.15, 0.2) is 64.3 Å². The van der Waals surface area contributed by atoms with Crippen molar-refractivity contribution in [2.75, 3.05) is 0 Å². The number of thiazole rings is 1. The zero-order chi connectivity index (χ0) is 19.3. The van der Waals surface area contributed by atoms with Crippen LogP contribution in [0.5, 0.6) is 0 Å². The smallest absolute Gasteiger partial charge is 0.585 e. The van der Waals surface area contributed by atoms with Crippen LogP contribution in [0.4, 0.5) is 0 Å². The fraction of sp³-hybridized carbons (Fsp3) is 0.100. The van der Waals surface area contributed by atoms with Gasteiger partial charge in [-0.05, 0) is 37.3 Å². The number of fused-ring (bicyclic) bond motifs is 2. The maximum Gasteiger partial charge on any atom is 1.00 e. The molecule has 0 radical (unpaired) electrons. The van der Waals surface area contributed by atoms with Gasteiger partial charge >= 0.3 is 29.6 Å². The van der Waals surface area contributed by atoms with Crippen molar-refractivity contribution >= 4 is 32.5 Å². The molecule has 0 spiro atoms. The van der Waals surface area contributed by atoms with Crippen LogP contribution < -0.4 is 45.8 Å². The second-order valence-electron chi connectivity index (χ2n) is 6.42. The van der Waals surface area contributed by atoms with E-state index in [2.05, 4.69) is 15.1 Å². The average molecular weight is 411 g/mol. The van der Waals surface area contributed by atoms with Gasteiger partial charge in [0.15, 0.2) is 5.13 Å². The molecule has 0 N–H and O–H groups in total. The Balaban J connectivity index is 0.00000205. The van der Waals surface area contributed by atoms with Gasteiger partial charge in [-0.15, -0.1) is 5.52 Å². The number of aromatic nitrogens is 5. The largest absolute Gasteiger partial charge is 1.00 e. The predicted octanol–water partition coefficient (Wildman–Crippen LogP) is -0.525. The van der Waals surface area contributed by atoms with Crippen LogP contribution in [-0.4, -0.2) is 19.2 Å². The summed E-state index contributed by atoms with van der Waals surface area (Å²) in [7, 11) is 0. The number of pyridine rings is 2. The van der Waals surface area contributed by atoms with Crippen molar-refractivity contribution in [2.24, 2.45) is 0 Å². The summed E-state index contributed by atoms with van der Waals surface area (Å²) < 4.78 is 3.81. The monoisotopic (exact) mass is 411 g/mol. The Labute approximate surface area is 190 Å². The fourth-order valence-electron chi connectivity index (χ4n) is 3.29. The van der Waals surface area contributed by atoms with E-state index in [9.17, 15) is 9.59 Å². The summed E-state index contributed by atoms with van der Waals surface area (Å²) in [6.45, 7) is 2.06. The standard InChI is InChI=1S/C20H15N5O2S.Na/c1-12-18-15(10-17(26)24(12)11-13-6-4-5-9-21-13)23-25(19(18)27)20-22-14-7-2-3-8-16(14)28-20;/h2-10H,11H2,1H3,(H,23,26);/q;+1/p-1. The van der Waals surface area contributed by atoms with Crippen LogP contribution in [0.1, 0.15) is 11.4 Å². The number of nitrogens with zero attached hydrogens (tertiary/aromatic N) is 5. The number of hydrogen-bond acceptors (Lipinski definition) is 5. The molecule has 0 atom stereocenters. The van der Waals surface area contributed by atoms with E-state index in [0.717, 1.165) is 15.9 Å². The first kappa shape index (κ1) is 19.8. The van der Waals surface area contributed by atoms with Crippen molar-refractivity contribution in [3.63, 3.8) is 0 Å². The molecule has 0 saturated heterocycles. The molecule has 0 aliphatic carbocycles. The molecule has 7 nitrogen and oxygen atoms in total. The summed E-state index contributed by atoms with van der Waals surface area (Å²) in [5, 5.41) is 5.29. The minimum absolute atomic E-state index is 0. The van der Waals surface area contributed by atoms with Gasteiger partial charge in [0.25, 0.3) is 0 Å². The molecule has 138 valence electrons. The van der Waals surface area contributed by atoms with Crippen molar-refractivity contribution in [2.45, 2.75) is 13.5 Å². The number of rotatable bonds is 3. The second kappa shape index (κ2) is 7.72. The van der Waals surface area contributed by atoms with E-state index in [-0.39, 0.29) is 40.7 Å². The number of aryl methyl sites for hydroxylation is 1. The summed E-state index contributed by atoms with van der Waals surface area (Å²) in [6, 6.07) is 14.6. The van der Waals surface area contributed by atoms with Crippen molar-refractivity contribution in [1.29, 1.82) is 0 Å². The van der Waals surface area contributed by atoms with Crippen molar-refractivity contribution in [1.82, 2.24) is 24.3 Å². The van der Waals surface area contributed by atoms with Crippen molar-refractivity contribution < 1.29 is 29.6 Å². The molecule has 0 aliphatic heterocycles. The van der Waals surface area contributed by atoms with Crippen LogP contribution in [0, 0.1) is 6.92 Å². The predicted molar refractivity (Wildman–Crippen MR) is 108 cm³/mol. The van der Waals surface area contributed by atoms with Gasteiger partial charge in [0.2, 0.25) is 11.1 Å². The Hall–Kier alpha value is -2.52. The van der Waals surface area contributed by atoms with E-state index in [0.29, 0.717) is 28.3 Å². The molecule has 0 fully saturated rings. The fourth-order valence-corrected chi connectivity index (χ4v) is 4.20. The molecule has 4 aromatic heterocycles. The van der Waals surface area contributed by atoms with E-state index in [1.54, 1.807) is 17.7 Å². The average Bonchev–Trinajstić information content (AvgIpc) is 3.27. The van der Waals surface area contributed by atoms with Gasteiger partial charge in [0.05, 0.1) is 22.5 Å². The molecule has 0 saturated carbocycles. The van der Waals surface area contributed by atoms with Crippen molar-refractivity contribution in [3.8, 4) is 5.13 Å². The van der Waals surface area contributed by atoms with Gasteiger partial charge in [-0.25, -0.2) is 4.98 Å². The summed E-state index contributed by atoms with van der Waals surface area (Å²) in [6.07, 6.45) is 1.68. The second-order valence-corrected chi connectivity index (χ2v) is 7.43. The third-order valence-corrected chi connectivity index (χ3v) is 5.68. The molecule has 1 aromatic carbocycles. The quantitative estimate of drug-likeness (QED) is 0.373. The molecule has 5 rings (SSSR count). The minimum atomic E-state index is -0.277. The maximum absolute atomic E-state index is 13.1. The van der Waals surface area contributed by atoms with Gasteiger partial charge in [-0.1, -0.05) is 29.5 Å². The van der Waals surface area contributed by atoms with E-state index in [4.69, 9.17) is 0 Å². The van der Waals surface area contributed by atoms with Crippen molar-refractivity contribution in [3.05, 3.63) is 86.8 Å². The number of para-hydroxylation sites is 1. The Kier molecular flexibility index (Phi) is 5.26. The van der Waals surface area contributed by atoms with Gasteiger partial charge in [-0.3, -0.25) is 14.6 Å². The molecule has 0 aliphatic rings. The topological polar surface area (TPSA) is 83.9 Å². The SMILES string of the molecule is Cc1c2c(=O)n(-c3nc4ccccc4s3)[n-]c2cc(=O)n1Cc1ccccn1.[Na+]. The van der Waals surface area contributed by atoms with Gasteiger partial charge < -0.3 is 14.3 Å². The Morgan fingerprint density at radius 3 is 2.66 bits per heavy atom. The molecule has 29 heavy (non-hydrogen) atoms. The Morgan fingerprint density at radius 1 is 1.10 bits per heavy atom. The molecule has 0 bridgehead atoms. The first-order chi connectivity index (χ1) is 13.6. The third-order valence-electron chi connectivity index (χ3n) is 4.67. The summed E-state index contributed by atoms with van der Waals surface area (Å²) in [5.41, 5.74) is 2.02. The zero-order valence-electron chi connectivity index (χ0n) is 15.9. The summed E-state index contributed by atoms with van der Waals surface area (Å²) >= 11 is 1.39. The Morgan fingerprint density at radius 2 is 1.90 bits per heavy atom. The van der Waals surface area contributed by atoms with Crippen LogP contribution in [0.3, 0.4) is 0 Å². The molecule has 5 aromatic rings. The van der Waals surface area contributed by atoms with Crippen LogP contribution >= 0.6 is 11.3 Å². The van der Waals surface area contributed by atoms with Gasteiger partial charge in [0, 0.05) is 17.3 Å². The van der Waals surface area contributed by atoms with Crippen LogP contribution in [0.2, 0.25) is 0 Å². The number of benzene rings is 1. The van der Waals surface area contributed by atoms with Gasteiger partial charge in [-0.2, -0.15) is 0 Å². The van der Waals surface area contributed by atoms with E-state index in [1.807, 2.05) is 42.5 Å².